The van der Waals surface area contributed by atoms with Gasteiger partial charge in [-0.2, -0.15) is 0 Å². The monoisotopic (exact) mass is 232 g/mol. The zero-order valence-electron chi connectivity index (χ0n) is 10.2. The zero-order valence-corrected chi connectivity index (χ0v) is 10.2. The van der Waals surface area contributed by atoms with Crippen LogP contribution in [0, 0.1) is 5.92 Å². The highest BCUT2D eigenvalue weighted by molar-refractivity contribution is 5.81. The molecule has 0 aromatic heterocycles. The smallest absolute Gasteiger partial charge is 0.237 e. The Hall–Kier alpha value is -1.35. The average molecular weight is 232 g/mol. The van der Waals surface area contributed by atoms with Gasteiger partial charge in [0.25, 0.3) is 0 Å². The zero-order chi connectivity index (χ0) is 12.3. The minimum Gasteiger partial charge on any atom is -0.348 e. The lowest BCUT2D eigenvalue weighted by Gasteiger charge is -2.35. The first kappa shape index (κ1) is 12.1. The van der Waals surface area contributed by atoms with Crippen LogP contribution in [0.4, 0.5) is 0 Å². The summed E-state index contributed by atoms with van der Waals surface area (Å²) in [4.78, 5) is 11.7. The fraction of sp³-hybridized carbons (Fsp3) is 0.500. The molecule has 1 aliphatic rings. The fourth-order valence-electron chi connectivity index (χ4n) is 2.19. The lowest BCUT2D eigenvalue weighted by molar-refractivity contribution is -0.123. The highest BCUT2D eigenvalue weighted by Gasteiger charge is 2.30. The molecule has 0 spiro atoms. The second-order valence-corrected chi connectivity index (χ2v) is 4.88. The van der Waals surface area contributed by atoms with Gasteiger partial charge in [-0.25, -0.2) is 0 Å². The van der Waals surface area contributed by atoms with Gasteiger partial charge in [0.2, 0.25) is 5.91 Å². The summed E-state index contributed by atoms with van der Waals surface area (Å²) in [5.41, 5.74) is 6.80. The molecule has 1 saturated carbocycles. The van der Waals surface area contributed by atoms with Gasteiger partial charge in [0.05, 0.1) is 12.1 Å². The first-order chi connectivity index (χ1) is 8.18. The predicted octanol–water partition coefficient (Wildman–Crippen LogP) is 1.99. The van der Waals surface area contributed by atoms with E-state index in [1.165, 1.54) is 24.8 Å². The molecule has 3 N–H and O–H groups in total. The van der Waals surface area contributed by atoms with E-state index in [4.69, 9.17) is 5.73 Å². The van der Waals surface area contributed by atoms with Gasteiger partial charge < -0.3 is 11.1 Å². The maximum absolute atomic E-state index is 11.7. The summed E-state index contributed by atoms with van der Waals surface area (Å²) in [5, 5.41) is 3.07. The van der Waals surface area contributed by atoms with Crippen molar-refractivity contribution in [2.45, 2.75) is 38.3 Å². The number of benzene rings is 1. The lowest BCUT2D eigenvalue weighted by atomic mass is 9.77. The molecule has 1 unspecified atom stereocenters. The molecule has 1 amide bonds. The normalized spacial score (nSPS) is 19.2. The molecule has 0 heterocycles. The predicted molar refractivity (Wildman–Crippen MR) is 68.3 cm³/mol. The molecular formula is C14H20N2O. The van der Waals surface area contributed by atoms with Gasteiger partial charge in [-0.3, -0.25) is 4.79 Å². The molecule has 1 fully saturated rings. The summed E-state index contributed by atoms with van der Waals surface area (Å²) >= 11 is 0. The van der Waals surface area contributed by atoms with Gasteiger partial charge in [-0.15, -0.1) is 0 Å². The van der Waals surface area contributed by atoms with E-state index in [1.54, 1.807) is 6.92 Å². The van der Waals surface area contributed by atoms with Crippen LogP contribution in [-0.2, 0) is 4.79 Å². The Morgan fingerprint density at radius 3 is 2.47 bits per heavy atom. The topological polar surface area (TPSA) is 55.1 Å². The quantitative estimate of drug-likeness (QED) is 0.834. The van der Waals surface area contributed by atoms with Crippen LogP contribution in [0.2, 0.25) is 0 Å². The fourth-order valence-corrected chi connectivity index (χ4v) is 2.19. The van der Waals surface area contributed by atoms with E-state index >= 15 is 0 Å². The van der Waals surface area contributed by atoms with Crippen molar-refractivity contribution in [2.24, 2.45) is 11.7 Å². The SMILES string of the molecule is C[C@@H](N)C(=O)NC(c1ccccc1)C1CCC1. The van der Waals surface area contributed by atoms with Gasteiger partial charge >= 0.3 is 0 Å². The molecular weight excluding hydrogens is 212 g/mol. The van der Waals surface area contributed by atoms with Gasteiger partial charge in [0.1, 0.15) is 0 Å². The summed E-state index contributed by atoms with van der Waals surface area (Å²) in [6.45, 7) is 1.72. The molecule has 0 bridgehead atoms. The Balaban J connectivity index is 2.11. The highest BCUT2D eigenvalue weighted by atomic mass is 16.2. The minimum absolute atomic E-state index is 0.0641. The van der Waals surface area contributed by atoms with E-state index in [-0.39, 0.29) is 11.9 Å². The van der Waals surface area contributed by atoms with E-state index in [9.17, 15) is 4.79 Å². The molecule has 3 nitrogen and oxygen atoms in total. The first-order valence-electron chi connectivity index (χ1n) is 6.29. The van der Waals surface area contributed by atoms with Crippen molar-refractivity contribution in [1.29, 1.82) is 0 Å². The summed E-state index contributed by atoms with van der Waals surface area (Å²) in [7, 11) is 0. The Morgan fingerprint density at radius 1 is 1.35 bits per heavy atom. The molecule has 3 heteroatoms. The summed E-state index contributed by atoms with van der Waals surface area (Å²) in [5.74, 6) is 0.505. The van der Waals surface area contributed by atoms with Crippen molar-refractivity contribution >= 4 is 5.91 Å². The third-order valence-corrected chi connectivity index (χ3v) is 3.49. The maximum Gasteiger partial charge on any atom is 0.237 e. The second-order valence-electron chi connectivity index (χ2n) is 4.88. The number of carbonyl (C=O) groups excluding carboxylic acids is 1. The summed E-state index contributed by atoms with van der Waals surface area (Å²) < 4.78 is 0. The third kappa shape index (κ3) is 2.86. The van der Waals surface area contributed by atoms with Gasteiger partial charge in [0.15, 0.2) is 0 Å². The van der Waals surface area contributed by atoms with Crippen molar-refractivity contribution in [3.63, 3.8) is 0 Å². The molecule has 92 valence electrons. The van der Waals surface area contributed by atoms with Crippen LogP contribution in [0.1, 0.15) is 37.8 Å². The number of rotatable bonds is 4. The minimum atomic E-state index is -0.443. The summed E-state index contributed by atoms with van der Waals surface area (Å²) in [6.07, 6.45) is 3.65. The van der Waals surface area contributed by atoms with E-state index in [2.05, 4.69) is 17.4 Å². The second kappa shape index (κ2) is 5.32. The summed E-state index contributed by atoms with van der Waals surface area (Å²) in [6, 6.07) is 9.85. The molecule has 1 aliphatic carbocycles. The lowest BCUT2D eigenvalue weighted by Crippen LogP contribution is -2.43. The Bertz CT molecular complexity index is 371. The number of amides is 1. The number of hydrogen-bond acceptors (Lipinski definition) is 2. The van der Waals surface area contributed by atoms with E-state index < -0.39 is 6.04 Å². The van der Waals surface area contributed by atoms with E-state index in [0.29, 0.717) is 5.92 Å². The van der Waals surface area contributed by atoms with Crippen molar-refractivity contribution in [1.82, 2.24) is 5.32 Å². The van der Waals surface area contributed by atoms with E-state index in [0.717, 1.165) is 0 Å². The first-order valence-corrected chi connectivity index (χ1v) is 6.29. The molecule has 0 radical (unpaired) electrons. The molecule has 0 saturated heterocycles. The van der Waals surface area contributed by atoms with Crippen LogP contribution < -0.4 is 11.1 Å². The molecule has 2 atom stereocenters. The largest absolute Gasteiger partial charge is 0.348 e. The Labute approximate surface area is 102 Å². The van der Waals surface area contributed by atoms with Crippen LogP contribution in [0.3, 0.4) is 0 Å². The number of nitrogens with one attached hydrogen (secondary N) is 1. The highest BCUT2D eigenvalue weighted by Crippen LogP contribution is 2.37. The van der Waals surface area contributed by atoms with Gasteiger partial charge in [0, 0.05) is 0 Å². The van der Waals surface area contributed by atoms with Crippen molar-refractivity contribution in [3.05, 3.63) is 35.9 Å². The number of hydrogen-bond donors (Lipinski definition) is 2. The number of carbonyl (C=O) groups is 1. The Kier molecular flexibility index (Phi) is 3.79. The molecule has 1 aromatic carbocycles. The van der Waals surface area contributed by atoms with Crippen LogP contribution >= 0.6 is 0 Å². The molecule has 2 rings (SSSR count). The van der Waals surface area contributed by atoms with Gasteiger partial charge in [-0.1, -0.05) is 36.8 Å². The molecule has 17 heavy (non-hydrogen) atoms. The standard InChI is InChI=1S/C14H20N2O/c1-10(15)14(17)16-13(12-8-5-9-12)11-6-3-2-4-7-11/h2-4,6-7,10,12-13H,5,8-9,15H2,1H3,(H,16,17)/t10-,13?/m1/s1. The van der Waals surface area contributed by atoms with Gasteiger partial charge in [-0.05, 0) is 31.2 Å². The van der Waals surface area contributed by atoms with Crippen LogP contribution in [-0.4, -0.2) is 11.9 Å². The van der Waals surface area contributed by atoms with Crippen molar-refractivity contribution in [3.8, 4) is 0 Å². The molecule has 0 aliphatic heterocycles. The van der Waals surface area contributed by atoms with Crippen LogP contribution in [0.15, 0.2) is 30.3 Å². The van der Waals surface area contributed by atoms with Crippen molar-refractivity contribution < 1.29 is 4.79 Å². The van der Waals surface area contributed by atoms with Crippen LogP contribution in [0.25, 0.3) is 0 Å². The Morgan fingerprint density at radius 2 is 2.00 bits per heavy atom. The maximum atomic E-state index is 11.7. The van der Waals surface area contributed by atoms with Crippen molar-refractivity contribution in [2.75, 3.05) is 0 Å². The molecule has 1 aromatic rings. The average Bonchev–Trinajstić information content (AvgIpc) is 2.26. The third-order valence-electron chi connectivity index (χ3n) is 3.49. The van der Waals surface area contributed by atoms with Crippen LogP contribution in [0.5, 0.6) is 0 Å². The number of nitrogens with two attached hydrogens (primary N) is 1. The van der Waals surface area contributed by atoms with E-state index in [1.807, 2.05) is 18.2 Å².